The van der Waals surface area contributed by atoms with E-state index in [9.17, 15) is 4.79 Å². The third-order valence-corrected chi connectivity index (χ3v) is 5.53. The van der Waals surface area contributed by atoms with Crippen LogP contribution < -0.4 is 5.32 Å². The molecule has 4 heterocycles. The van der Waals surface area contributed by atoms with Crippen LogP contribution in [0.2, 0.25) is 0 Å². The highest BCUT2D eigenvalue weighted by atomic mass is 16.5. The summed E-state index contributed by atoms with van der Waals surface area (Å²) in [5.41, 5.74) is 1.72. The number of hydrogen-bond donors (Lipinski definition) is 1. The summed E-state index contributed by atoms with van der Waals surface area (Å²) in [5.74, 6) is 0.656. The van der Waals surface area contributed by atoms with Crippen LogP contribution in [-0.4, -0.2) is 52.0 Å². The maximum Gasteiger partial charge on any atom is 0.229 e. The highest BCUT2D eigenvalue weighted by Crippen LogP contribution is 2.37. The first-order valence-electron chi connectivity index (χ1n) is 9.21. The quantitative estimate of drug-likeness (QED) is 0.855. The second-order valence-electron chi connectivity index (χ2n) is 7.26. The van der Waals surface area contributed by atoms with Crippen LogP contribution in [0, 0.1) is 11.8 Å². The molecule has 3 aliphatic heterocycles. The number of nitrogens with one attached hydrogen (secondary N) is 1. The van der Waals surface area contributed by atoms with Gasteiger partial charge in [-0.25, -0.2) is 0 Å². The lowest BCUT2D eigenvalue weighted by molar-refractivity contribution is -0.127. The van der Waals surface area contributed by atoms with Crippen molar-refractivity contribution in [1.29, 1.82) is 0 Å². The van der Waals surface area contributed by atoms with E-state index in [1.807, 2.05) is 41.2 Å². The molecule has 138 valence electrons. The molecule has 3 aliphatic rings. The number of amides is 1. The summed E-state index contributed by atoms with van der Waals surface area (Å²) >= 11 is 0. The first-order chi connectivity index (χ1) is 12.7. The Morgan fingerprint density at radius 2 is 2.19 bits per heavy atom. The molecule has 7 heteroatoms. The predicted octanol–water partition coefficient (Wildman–Crippen LogP) is 1.77. The molecule has 3 saturated heterocycles. The number of piperidine rings is 3. The molecule has 0 radical (unpaired) electrons. The lowest BCUT2D eigenvalue weighted by Crippen LogP contribution is -2.57. The van der Waals surface area contributed by atoms with Crippen LogP contribution in [-0.2, 0) is 22.7 Å². The predicted molar refractivity (Wildman–Crippen MR) is 97.4 cm³/mol. The normalized spacial score (nSPS) is 27.4. The van der Waals surface area contributed by atoms with Crippen molar-refractivity contribution in [2.45, 2.75) is 32.0 Å². The van der Waals surface area contributed by atoms with Gasteiger partial charge in [0.25, 0.3) is 0 Å². The topological polar surface area (TPSA) is 72.3 Å². The average Bonchev–Trinajstić information content (AvgIpc) is 3.10. The zero-order valence-electron chi connectivity index (χ0n) is 15.0. The maximum absolute atomic E-state index is 12.7. The number of nitrogens with zero attached hydrogens (tertiary/aromatic N) is 4. The van der Waals surface area contributed by atoms with Gasteiger partial charge in [0.05, 0.1) is 25.3 Å². The third-order valence-electron chi connectivity index (χ3n) is 5.53. The van der Waals surface area contributed by atoms with E-state index in [0.717, 1.165) is 43.9 Å². The SMILES string of the molecule is COCc1cn(C[C@H]2C[C@@H]3CCN2C[C@@H]3C(=O)Nc2ccccc2)nn1. The zero-order valence-corrected chi connectivity index (χ0v) is 15.0. The van der Waals surface area contributed by atoms with Crippen molar-refractivity contribution in [3.05, 3.63) is 42.2 Å². The van der Waals surface area contributed by atoms with Crippen LogP contribution in [0.3, 0.4) is 0 Å². The molecule has 7 nitrogen and oxygen atoms in total. The molecular formula is C19H25N5O2. The zero-order chi connectivity index (χ0) is 17.9. The van der Waals surface area contributed by atoms with Gasteiger partial charge in [-0.15, -0.1) is 5.10 Å². The minimum absolute atomic E-state index is 0.0694. The molecule has 1 amide bonds. The van der Waals surface area contributed by atoms with Gasteiger partial charge < -0.3 is 10.1 Å². The molecule has 5 rings (SSSR count). The van der Waals surface area contributed by atoms with Gasteiger partial charge in [-0.05, 0) is 37.4 Å². The summed E-state index contributed by atoms with van der Waals surface area (Å²) in [7, 11) is 1.66. The number of carbonyl (C=O) groups is 1. The summed E-state index contributed by atoms with van der Waals surface area (Å²) in [4.78, 5) is 15.2. The van der Waals surface area contributed by atoms with E-state index in [1.165, 1.54) is 0 Å². The highest BCUT2D eigenvalue weighted by molar-refractivity contribution is 5.93. The Morgan fingerprint density at radius 3 is 2.92 bits per heavy atom. The molecule has 0 aliphatic carbocycles. The lowest BCUT2D eigenvalue weighted by atomic mass is 9.75. The summed E-state index contributed by atoms with van der Waals surface area (Å²) in [5, 5.41) is 11.4. The van der Waals surface area contributed by atoms with E-state index in [4.69, 9.17) is 4.74 Å². The molecule has 2 bridgehead atoms. The van der Waals surface area contributed by atoms with Gasteiger partial charge in [-0.2, -0.15) is 0 Å². The Labute approximate surface area is 153 Å². The van der Waals surface area contributed by atoms with Crippen LogP contribution >= 0.6 is 0 Å². The van der Waals surface area contributed by atoms with Crippen molar-refractivity contribution >= 4 is 11.6 Å². The van der Waals surface area contributed by atoms with Gasteiger partial charge in [0.15, 0.2) is 0 Å². The van der Waals surface area contributed by atoms with Crippen LogP contribution in [0.5, 0.6) is 0 Å². The molecule has 0 saturated carbocycles. The van der Waals surface area contributed by atoms with E-state index < -0.39 is 0 Å². The molecular weight excluding hydrogens is 330 g/mol. The van der Waals surface area contributed by atoms with Gasteiger partial charge >= 0.3 is 0 Å². The second kappa shape index (κ2) is 7.55. The Morgan fingerprint density at radius 1 is 1.35 bits per heavy atom. The second-order valence-corrected chi connectivity index (χ2v) is 7.26. The minimum atomic E-state index is 0.0694. The fraction of sp³-hybridized carbons (Fsp3) is 0.526. The maximum atomic E-state index is 12.7. The van der Waals surface area contributed by atoms with Crippen LogP contribution in [0.4, 0.5) is 5.69 Å². The molecule has 1 unspecified atom stereocenters. The lowest BCUT2D eigenvalue weighted by Gasteiger charge is -2.49. The van der Waals surface area contributed by atoms with Gasteiger partial charge in [0.2, 0.25) is 5.91 Å². The summed E-state index contributed by atoms with van der Waals surface area (Å²) in [6.45, 7) is 3.19. The Bertz CT molecular complexity index is 747. The molecule has 3 fully saturated rings. The smallest absolute Gasteiger partial charge is 0.229 e. The Balaban J connectivity index is 1.37. The molecule has 1 N–H and O–H groups in total. The Kier molecular flexibility index (Phi) is 4.99. The molecule has 26 heavy (non-hydrogen) atoms. The van der Waals surface area contributed by atoms with Crippen LogP contribution in [0.15, 0.2) is 36.5 Å². The molecule has 1 aromatic carbocycles. The molecule has 2 aromatic rings. The summed E-state index contributed by atoms with van der Waals surface area (Å²) in [6.07, 6.45) is 4.08. The number of rotatable bonds is 6. The number of para-hydroxylation sites is 1. The molecule has 4 atom stereocenters. The van der Waals surface area contributed by atoms with E-state index in [1.54, 1.807) is 7.11 Å². The number of methoxy groups -OCH3 is 1. The molecule has 0 spiro atoms. The summed E-state index contributed by atoms with van der Waals surface area (Å²) in [6, 6.07) is 10.1. The third kappa shape index (κ3) is 3.64. The monoisotopic (exact) mass is 355 g/mol. The van der Waals surface area contributed by atoms with Crippen molar-refractivity contribution in [2.24, 2.45) is 11.8 Å². The van der Waals surface area contributed by atoms with E-state index in [2.05, 4.69) is 20.5 Å². The van der Waals surface area contributed by atoms with Crippen molar-refractivity contribution < 1.29 is 9.53 Å². The number of ether oxygens (including phenoxy) is 1. The fourth-order valence-electron chi connectivity index (χ4n) is 4.24. The van der Waals surface area contributed by atoms with E-state index in [-0.39, 0.29) is 11.8 Å². The number of aromatic nitrogens is 3. The van der Waals surface area contributed by atoms with Gasteiger partial charge in [-0.3, -0.25) is 14.4 Å². The van der Waals surface area contributed by atoms with Crippen molar-refractivity contribution in [2.75, 3.05) is 25.5 Å². The Hall–Kier alpha value is -2.25. The van der Waals surface area contributed by atoms with Gasteiger partial charge in [0.1, 0.15) is 5.69 Å². The molecule has 1 aromatic heterocycles. The number of fused-ring (bicyclic) bond motifs is 3. The number of carbonyl (C=O) groups excluding carboxylic acids is 1. The van der Waals surface area contributed by atoms with Crippen molar-refractivity contribution in [1.82, 2.24) is 19.9 Å². The first-order valence-corrected chi connectivity index (χ1v) is 9.21. The highest BCUT2D eigenvalue weighted by Gasteiger charge is 2.43. The van der Waals surface area contributed by atoms with E-state index >= 15 is 0 Å². The largest absolute Gasteiger partial charge is 0.378 e. The number of benzene rings is 1. The van der Waals surface area contributed by atoms with Crippen molar-refractivity contribution in [3.8, 4) is 0 Å². The summed E-state index contributed by atoms with van der Waals surface area (Å²) < 4.78 is 7.00. The van der Waals surface area contributed by atoms with Crippen LogP contribution in [0.25, 0.3) is 0 Å². The fourth-order valence-corrected chi connectivity index (χ4v) is 4.24. The van der Waals surface area contributed by atoms with Crippen molar-refractivity contribution in [3.63, 3.8) is 0 Å². The number of anilines is 1. The van der Waals surface area contributed by atoms with Gasteiger partial charge in [-0.1, -0.05) is 23.4 Å². The minimum Gasteiger partial charge on any atom is -0.378 e. The van der Waals surface area contributed by atoms with Gasteiger partial charge in [0, 0.05) is 25.4 Å². The first kappa shape index (κ1) is 17.2. The standard InChI is InChI=1S/C19H25N5O2/c1-26-13-16-10-24(22-21-16)11-17-9-14-7-8-23(17)12-18(14)19(25)20-15-5-3-2-4-6-15/h2-6,10,14,17-18H,7-9,11-13H2,1H3,(H,20,25)/t14-,17+,18-/m0/s1. The van der Waals surface area contributed by atoms with Crippen LogP contribution in [0.1, 0.15) is 18.5 Å². The van der Waals surface area contributed by atoms with E-state index in [0.29, 0.717) is 18.6 Å². The number of hydrogen-bond acceptors (Lipinski definition) is 5. The average molecular weight is 355 g/mol.